The Morgan fingerprint density at radius 3 is 2.43 bits per heavy atom. The van der Waals surface area contributed by atoms with Gasteiger partial charge in [-0.05, 0) is 57.9 Å². The topological polar surface area (TPSA) is 94.7 Å². The van der Waals surface area contributed by atoms with Gasteiger partial charge < -0.3 is 19.2 Å². The number of allylic oxidation sites excluding steroid dienone is 1. The highest BCUT2D eigenvalue weighted by atomic mass is 16.6. The molecule has 0 fully saturated rings. The smallest absolute Gasteiger partial charge is 0.344 e. The van der Waals surface area contributed by atoms with Gasteiger partial charge in [0, 0.05) is 11.3 Å². The summed E-state index contributed by atoms with van der Waals surface area (Å²) >= 11 is 0. The van der Waals surface area contributed by atoms with Gasteiger partial charge in [0.05, 0.1) is 12.8 Å². The lowest BCUT2D eigenvalue weighted by atomic mass is 10.0. The first-order valence-electron chi connectivity index (χ1n) is 9.56. The molecule has 0 amide bonds. The Balaban J connectivity index is 2.02. The Bertz CT molecular complexity index is 986. The van der Waals surface area contributed by atoms with Crippen LogP contribution in [-0.2, 0) is 9.53 Å². The second-order valence-corrected chi connectivity index (χ2v) is 6.88. The van der Waals surface area contributed by atoms with Gasteiger partial charge in [0.25, 0.3) is 0 Å². The summed E-state index contributed by atoms with van der Waals surface area (Å²) in [5.41, 5.74) is 2.84. The van der Waals surface area contributed by atoms with Gasteiger partial charge in [0.2, 0.25) is 5.78 Å². The van der Waals surface area contributed by atoms with Gasteiger partial charge in [-0.15, -0.1) is 0 Å². The van der Waals surface area contributed by atoms with Crippen molar-refractivity contribution in [3.8, 4) is 11.5 Å². The van der Waals surface area contributed by atoms with Crippen molar-refractivity contribution in [2.24, 2.45) is 0 Å². The molecule has 160 valence electrons. The molecule has 0 unspecified atom stereocenters. The number of esters is 1. The van der Waals surface area contributed by atoms with Crippen molar-refractivity contribution in [3.05, 3.63) is 52.4 Å². The number of H-pyrrole nitrogens is 1. The lowest BCUT2D eigenvalue weighted by molar-refractivity contribution is -0.148. The Morgan fingerprint density at radius 1 is 1.17 bits per heavy atom. The highest BCUT2D eigenvalue weighted by Gasteiger charge is 2.26. The zero-order valence-corrected chi connectivity index (χ0v) is 18.1. The predicted octanol–water partition coefficient (Wildman–Crippen LogP) is 4.07. The van der Waals surface area contributed by atoms with Crippen LogP contribution in [0.1, 0.15) is 58.4 Å². The average Bonchev–Trinajstić information content (AvgIpc) is 3.00. The van der Waals surface area contributed by atoms with E-state index in [1.54, 1.807) is 26.0 Å². The second kappa shape index (κ2) is 9.91. The van der Waals surface area contributed by atoms with E-state index in [0.717, 1.165) is 5.56 Å². The van der Waals surface area contributed by atoms with Gasteiger partial charge in [-0.2, -0.15) is 0 Å². The zero-order chi connectivity index (χ0) is 22.4. The highest BCUT2D eigenvalue weighted by molar-refractivity contribution is 6.05. The molecule has 1 aromatic heterocycles. The summed E-state index contributed by atoms with van der Waals surface area (Å²) in [4.78, 5) is 39.5. The van der Waals surface area contributed by atoms with Gasteiger partial charge in [-0.3, -0.25) is 9.59 Å². The van der Waals surface area contributed by atoms with E-state index in [-0.39, 0.29) is 18.1 Å². The number of benzene rings is 1. The Hall–Kier alpha value is -3.35. The van der Waals surface area contributed by atoms with Crippen molar-refractivity contribution in [2.75, 3.05) is 13.7 Å². The SMILES string of the molecule is C/C=C/c1ccc(OCC(=O)O[C@H](C)C(=O)c2[nH]c(C)c(C(C)=O)c2C)c(OC)c1. The summed E-state index contributed by atoms with van der Waals surface area (Å²) in [7, 11) is 1.51. The van der Waals surface area contributed by atoms with E-state index in [2.05, 4.69) is 4.98 Å². The van der Waals surface area contributed by atoms with Crippen LogP contribution in [0.4, 0.5) is 0 Å². The van der Waals surface area contributed by atoms with E-state index in [0.29, 0.717) is 28.3 Å². The van der Waals surface area contributed by atoms with Crippen molar-refractivity contribution >= 4 is 23.6 Å². The van der Waals surface area contributed by atoms with Crippen LogP contribution in [0.5, 0.6) is 11.5 Å². The molecule has 7 heteroatoms. The summed E-state index contributed by atoms with van der Waals surface area (Å²) in [5.74, 6) is -0.360. The van der Waals surface area contributed by atoms with Crippen LogP contribution in [0, 0.1) is 13.8 Å². The third kappa shape index (κ3) is 5.17. The van der Waals surface area contributed by atoms with E-state index >= 15 is 0 Å². The molecule has 1 N–H and O–H groups in total. The number of aromatic amines is 1. The molecule has 7 nitrogen and oxygen atoms in total. The number of methoxy groups -OCH3 is 1. The van der Waals surface area contributed by atoms with Gasteiger partial charge in [0.1, 0.15) is 0 Å². The molecular weight excluding hydrogens is 386 g/mol. The molecule has 0 radical (unpaired) electrons. The van der Waals surface area contributed by atoms with Crippen LogP contribution >= 0.6 is 0 Å². The molecule has 2 rings (SSSR count). The van der Waals surface area contributed by atoms with E-state index in [4.69, 9.17) is 14.2 Å². The summed E-state index contributed by atoms with van der Waals surface area (Å²) in [5, 5.41) is 0. The maximum absolute atomic E-state index is 12.7. The Labute approximate surface area is 176 Å². The number of ketones is 2. The fourth-order valence-corrected chi connectivity index (χ4v) is 3.25. The minimum absolute atomic E-state index is 0.132. The summed E-state index contributed by atoms with van der Waals surface area (Å²) in [6, 6.07) is 5.32. The summed E-state index contributed by atoms with van der Waals surface area (Å²) in [6.45, 7) is 7.87. The molecule has 0 bridgehead atoms. The minimum Gasteiger partial charge on any atom is -0.493 e. The molecule has 2 aromatic rings. The number of hydrogen-bond donors (Lipinski definition) is 1. The van der Waals surface area contributed by atoms with Gasteiger partial charge >= 0.3 is 5.97 Å². The first-order chi connectivity index (χ1) is 14.2. The monoisotopic (exact) mass is 413 g/mol. The molecule has 0 saturated carbocycles. The van der Waals surface area contributed by atoms with Crippen LogP contribution in [0.15, 0.2) is 24.3 Å². The highest BCUT2D eigenvalue weighted by Crippen LogP contribution is 2.28. The lowest BCUT2D eigenvalue weighted by Crippen LogP contribution is -2.28. The molecule has 30 heavy (non-hydrogen) atoms. The van der Waals surface area contributed by atoms with Crippen molar-refractivity contribution in [1.82, 2.24) is 4.98 Å². The normalized spacial score (nSPS) is 11.9. The van der Waals surface area contributed by atoms with Crippen molar-refractivity contribution in [1.29, 1.82) is 0 Å². The first kappa shape index (κ1) is 22.9. The molecule has 1 heterocycles. The van der Waals surface area contributed by atoms with Crippen molar-refractivity contribution in [3.63, 3.8) is 0 Å². The van der Waals surface area contributed by atoms with Gasteiger partial charge in [-0.25, -0.2) is 4.79 Å². The third-order valence-electron chi connectivity index (χ3n) is 4.61. The first-order valence-corrected chi connectivity index (χ1v) is 9.56. The number of hydrogen-bond acceptors (Lipinski definition) is 6. The van der Waals surface area contributed by atoms with E-state index in [1.807, 2.05) is 25.1 Å². The number of rotatable bonds is 9. The van der Waals surface area contributed by atoms with E-state index in [1.165, 1.54) is 21.0 Å². The molecule has 0 aliphatic carbocycles. The fourth-order valence-electron chi connectivity index (χ4n) is 3.25. The summed E-state index contributed by atoms with van der Waals surface area (Å²) in [6.07, 6.45) is 2.78. The van der Waals surface area contributed by atoms with Gasteiger partial charge in [0.15, 0.2) is 30.0 Å². The Morgan fingerprint density at radius 2 is 1.87 bits per heavy atom. The maximum Gasteiger partial charge on any atom is 0.344 e. The lowest BCUT2D eigenvalue weighted by Gasteiger charge is -2.14. The molecule has 0 aliphatic heterocycles. The summed E-state index contributed by atoms with van der Waals surface area (Å²) < 4.78 is 16.0. The van der Waals surface area contributed by atoms with Crippen LogP contribution in [0.25, 0.3) is 6.08 Å². The predicted molar refractivity (Wildman–Crippen MR) is 113 cm³/mol. The molecule has 0 spiro atoms. The number of Topliss-reactive ketones (excluding diaryl/α,β-unsaturated/α-hetero) is 2. The van der Waals surface area contributed by atoms with Crippen molar-refractivity contribution in [2.45, 2.75) is 40.7 Å². The molecular formula is C23H27NO6. The van der Waals surface area contributed by atoms with Crippen LogP contribution in [-0.4, -0.2) is 42.3 Å². The third-order valence-corrected chi connectivity index (χ3v) is 4.61. The zero-order valence-electron chi connectivity index (χ0n) is 18.1. The number of ether oxygens (including phenoxy) is 3. The number of carbonyl (C=O) groups excluding carboxylic acids is 3. The van der Waals surface area contributed by atoms with Crippen LogP contribution in [0.3, 0.4) is 0 Å². The van der Waals surface area contributed by atoms with Crippen LogP contribution < -0.4 is 9.47 Å². The molecule has 0 aliphatic rings. The quantitative estimate of drug-likeness (QED) is 0.492. The molecule has 0 saturated heterocycles. The number of carbonyl (C=O) groups is 3. The fraction of sp³-hybridized carbons (Fsp3) is 0.348. The Kier molecular flexibility index (Phi) is 7.58. The average molecular weight is 413 g/mol. The number of nitrogens with one attached hydrogen (secondary N) is 1. The molecule has 1 atom stereocenters. The minimum atomic E-state index is -1.03. The largest absolute Gasteiger partial charge is 0.493 e. The molecule has 1 aromatic carbocycles. The number of aryl methyl sites for hydroxylation is 1. The second-order valence-electron chi connectivity index (χ2n) is 6.88. The van der Waals surface area contributed by atoms with E-state index in [9.17, 15) is 14.4 Å². The number of aromatic nitrogens is 1. The maximum atomic E-state index is 12.7. The van der Waals surface area contributed by atoms with Crippen molar-refractivity contribution < 1.29 is 28.6 Å². The van der Waals surface area contributed by atoms with Crippen LogP contribution in [0.2, 0.25) is 0 Å². The standard InChI is InChI=1S/C23H27NO6/c1-7-8-17-9-10-18(19(11-17)28-6)29-12-20(26)30-16(5)23(27)22-13(2)21(15(4)25)14(3)24-22/h7-11,16,24H,12H2,1-6H3/b8-7+/t16-/m1/s1. The van der Waals surface area contributed by atoms with E-state index < -0.39 is 17.9 Å². The van der Waals surface area contributed by atoms with Gasteiger partial charge in [-0.1, -0.05) is 18.2 Å².